The Morgan fingerprint density at radius 2 is 1.94 bits per heavy atom. The Morgan fingerprint density at radius 3 is 2.73 bits per heavy atom. The molecule has 1 N–H and O–H groups in total. The first-order chi connectivity index (χ1) is 16.0. The number of aromatic nitrogens is 2. The molecule has 2 heterocycles. The van der Waals surface area contributed by atoms with Gasteiger partial charge < -0.3 is 19.4 Å². The molecule has 0 aliphatic carbocycles. The molecular weight excluding hydrogens is 440 g/mol. The molecule has 4 aromatic rings. The van der Waals surface area contributed by atoms with E-state index in [0.29, 0.717) is 28.6 Å². The predicted molar refractivity (Wildman–Crippen MR) is 124 cm³/mol. The van der Waals surface area contributed by atoms with Crippen molar-refractivity contribution in [2.45, 2.75) is 20.1 Å². The van der Waals surface area contributed by atoms with Gasteiger partial charge >= 0.3 is 0 Å². The largest absolute Gasteiger partial charge is 0.486 e. The number of furan rings is 1. The van der Waals surface area contributed by atoms with Crippen LogP contribution in [0.15, 0.2) is 71.3 Å². The summed E-state index contributed by atoms with van der Waals surface area (Å²) in [7, 11) is 1.69. The number of nitrogens with one attached hydrogen (secondary N) is 1. The third-order valence-electron chi connectivity index (χ3n) is 4.70. The van der Waals surface area contributed by atoms with Gasteiger partial charge in [0.05, 0.1) is 12.8 Å². The van der Waals surface area contributed by atoms with Crippen LogP contribution in [0.1, 0.15) is 36.5 Å². The number of hydrogen-bond donors (Lipinski definition) is 1. The zero-order valence-electron chi connectivity index (χ0n) is 18.1. The van der Waals surface area contributed by atoms with E-state index in [1.165, 1.54) is 0 Å². The maximum atomic E-state index is 12.7. The summed E-state index contributed by atoms with van der Waals surface area (Å²) >= 11 is 1.16. The first-order valence-electron chi connectivity index (χ1n) is 10.2. The molecule has 2 aromatic carbocycles. The molecular formula is C24H22N4O4S. The Bertz CT molecular complexity index is 1250. The maximum absolute atomic E-state index is 12.7. The smallest absolute Gasteiger partial charge is 0.286 e. The molecule has 0 saturated heterocycles. The fraction of sp³-hybridized carbons (Fsp3) is 0.167. The van der Waals surface area contributed by atoms with E-state index >= 15 is 0 Å². The lowest BCUT2D eigenvalue weighted by atomic mass is 10.1. The average Bonchev–Trinajstić information content (AvgIpc) is 3.50. The van der Waals surface area contributed by atoms with E-state index in [-0.39, 0.29) is 17.5 Å². The second kappa shape index (κ2) is 10.1. The molecule has 2 amide bonds. The lowest BCUT2D eigenvalue weighted by Gasteiger charge is -2.16. The normalized spacial score (nSPS) is 10.6. The van der Waals surface area contributed by atoms with Crippen molar-refractivity contribution in [3.8, 4) is 5.75 Å². The number of nitrogens with zero attached hydrogens (tertiary/aromatic N) is 3. The van der Waals surface area contributed by atoms with Crippen LogP contribution in [0.4, 0.5) is 5.69 Å². The first kappa shape index (κ1) is 22.2. The Hall–Kier alpha value is -3.98. The number of ether oxygens (including phenoxy) is 1. The van der Waals surface area contributed by atoms with Crippen LogP contribution >= 0.6 is 11.3 Å². The zero-order chi connectivity index (χ0) is 23.2. The molecule has 168 valence electrons. The van der Waals surface area contributed by atoms with Gasteiger partial charge in [0, 0.05) is 18.3 Å². The van der Waals surface area contributed by atoms with E-state index in [9.17, 15) is 9.59 Å². The van der Waals surface area contributed by atoms with Crippen molar-refractivity contribution >= 4 is 28.8 Å². The fourth-order valence-electron chi connectivity index (χ4n) is 3.10. The quantitative estimate of drug-likeness (QED) is 0.413. The minimum atomic E-state index is -0.400. The van der Waals surface area contributed by atoms with E-state index in [1.807, 2.05) is 37.3 Å². The summed E-state index contributed by atoms with van der Waals surface area (Å²) in [6.07, 6.45) is 1.57. The number of carbonyl (C=O) groups excluding carboxylic acids is 2. The number of hydrogen-bond acceptors (Lipinski definition) is 7. The van der Waals surface area contributed by atoms with Gasteiger partial charge in [-0.1, -0.05) is 29.5 Å². The summed E-state index contributed by atoms with van der Waals surface area (Å²) in [4.78, 5) is 26.9. The molecule has 0 unspecified atom stereocenters. The molecule has 4 rings (SSSR count). The van der Waals surface area contributed by atoms with Crippen LogP contribution in [0.5, 0.6) is 5.75 Å². The van der Waals surface area contributed by atoms with Crippen molar-refractivity contribution in [3.63, 3.8) is 0 Å². The van der Waals surface area contributed by atoms with Gasteiger partial charge in [0.25, 0.3) is 11.8 Å². The van der Waals surface area contributed by atoms with Crippen LogP contribution < -0.4 is 10.1 Å². The minimum absolute atomic E-state index is 0.186. The van der Waals surface area contributed by atoms with Gasteiger partial charge in [0.15, 0.2) is 5.01 Å². The van der Waals surface area contributed by atoms with Crippen LogP contribution in [0, 0.1) is 6.92 Å². The highest BCUT2D eigenvalue weighted by molar-refractivity contribution is 7.13. The first-order valence-corrected chi connectivity index (χ1v) is 11.0. The molecule has 33 heavy (non-hydrogen) atoms. The molecule has 0 saturated carbocycles. The monoisotopic (exact) mass is 462 g/mol. The lowest BCUT2D eigenvalue weighted by Crippen LogP contribution is -2.26. The maximum Gasteiger partial charge on any atom is 0.286 e. The number of aryl methyl sites for hydroxylation is 1. The molecule has 0 spiro atoms. The lowest BCUT2D eigenvalue weighted by molar-refractivity contribution is 0.0775. The van der Waals surface area contributed by atoms with Crippen LogP contribution in [-0.4, -0.2) is 34.0 Å². The Balaban J connectivity index is 1.36. The third-order valence-corrected chi connectivity index (χ3v) is 5.60. The third kappa shape index (κ3) is 5.83. The van der Waals surface area contributed by atoms with Crippen LogP contribution in [0.3, 0.4) is 0 Å². The standard InChI is InChI=1S/C24H22N4O4S/c1-16-6-3-9-19(12-16)32-15-21-26-27-23(33-21)22(29)25-18-8-4-7-17(13-18)24(30)28(2)14-20-10-5-11-31-20/h3-13H,14-15H2,1-2H3,(H,25,29). The second-order valence-electron chi connectivity index (χ2n) is 7.38. The molecule has 2 aromatic heterocycles. The predicted octanol–water partition coefficient (Wildman–Crippen LogP) is 4.54. The van der Waals surface area contributed by atoms with Gasteiger partial charge in [-0.2, -0.15) is 0 Å². The summed E-state index contributed by atoms with van der Waals surface area (Å²) in [5.74, 6) is 0.834. The van der Waals surface area contributed by atoms with Crippen molar-refractivity contribution in [2.24, 2.45) is 0 Å². The van der Waals surface area contributed by atoms with Gasteiger partial charge in [0.1, 0.15) is 18.1 Å². The number of amides is 2. The van der Waals surface area contributed by atoms with E-state index in [4.69, 9.17) is 9.15 Å². The fourth-order valence-corrected chi connectivity index (χ4v) is 3.74. The second-order valence-corrected chi connectivity index (χ2v) is 8.44. The topological polar surface area (TPSA) is 97.6 Å². The van der Waals surface area contributed by atoms with Crippen LogP contribution in [0.2, 0.25) is 0 Å². The summed E-state index contributed by atoms with van der Waals surface area (Å²) in [5.41, 5.74) is 2.04. The van der Waals surface area contributed by atoms with Crippen molar-refractivity contribution in [3.05, 3.63) is 93.8 Å². The number of carbonyl (C=O) groups is 2. The highest BCUT2D eigenvalue weighted by atomic mass is 32.1. The van der Waals surface area contributed by atoms with E-state index in [0.717, 1.165) is 22.6 Å². The Kier molecular flexibility index (Phi) is 6.80. The van der Waals surface area contributed by atoms with Gasteiger partial charge in [-0.15, -0.1) is 10.2 Å². The van der Waals surface area contributed by atoms with E-state index in [1.54, 1.807) is 48.5 Å². The highest BCUT2D eigenvalue weighted by Crippen LogP contribution is 2.19. The van der Waals surface area contributed by atoms with E-state index < -0.39 is 5.91 Å². The van der Waals surface area contributed by atoms with Crippen molar-refractivity contribution in [2.75, 3.05) is 12.4 Å². The van der Waals surface area contributed by atoms with Crippen molar-refractivity contribution in [1.29, 1.82) is 0 Å². The average molecular weight is 463 g/mol. The number of rotatable bonds is 8. The Labute approximate surface area is 194 Å². The summed E-state index contributed by atoms with van der Waals surface area (Å²) in [6, 6.07) is 18.0. The molecule has 0 fully saturated rings. The molecule has 9 heteroatoms. The van der Waals surface area contributed by atoms with Crippen LogP contribution in [-0.2, 0) is 13.2 Å². The van der Waals surface area contributed by atoms with Gasteiger partial charge in [0.2, 0.25) is 5.01 Å². The summed E-state index contributed by atoms with van der Waals surface area (Å²) < 4.78 is 11.0. The number of anilines is 1. The molecule has 0 bridgehead atoms. The summed E-state index contributed by atoms with van der Waals surface area (Å²) in [5, 5.41) is 11.6. The summed E-state index contributed by atoms with van der Waals surface area (Å²) in [6.45, 7) is 2.56. The molecule has 8 nitrogen and oxygen atoms in total. The molecule has 0 atom stereocenters. The molecule has 0 aliphatic heterocycles. The van der Waals surface area contributed by atoms with Crippen molar-refractivity contribution < 1.29 is 18.7 Å². The number of benzene rings is 2. The van der Waals surface area contributed by atoms with Gasteiger partial charge in [-0.05, 0) is 55.0 Å². The van der Waals surface area contributed by atoms with E-state index in [2.05, 4.69) is 15.5 Å². The Morgan fingerprint density at radius 1 is 1.09 bits per heavy atom. The van der Waals surface area contributed by atoms with Crippen LogP contribution in [0.25, 0.3) is 0 Å². The minimum Gasteiger partial charge on any atom is -0.486 e. The SMILES string of the molecule is Cc1cccc(OCc2nnc(C(=O)Nc3cccc(C(=O)N(C)Cc4ccco4)c3)s2)c1. The van der Waals surface area contributed by atoms with Gasteiger partial charge in [-0.3, -0.25) is 9.59 Å². The molecule has 0 aliphatic rings. The van der Waals surface area contributed by atoms with Crippen molar-refractivity contribution in [1.82, 2.24) is 15.1 Å². The molecule has 0 radical (unpaired) electrons. The highest BCUT2D eigenvalue weighted by Gasteiger charge is 2.16. The van der Waals surface area contributed by atoms with Gasteiger partial charge in [-0.25, -0.2) is 0 Å². The zero-order valence-corrected chi connectivity index (χ0v) is 19.0.